The lowest BCUT2D eigenvalue weighted by atomic mass is 9.90. The molecule has 12 heteroatoms. The van der Waals surface area contributed by atoms with Crippen molar-refractivity contribution >= 4 is 29.8 Å². The van der Waals surface area contributed by atoms with E-state index in [1.807, 2.05) is 0 Å². The van der Waals surface area contributed by atoms with Crippen LogP contribution >= 0.6 is 0 Å². The smallest absolute Gasteiger partial charge is 0.305 e. The molecule has 0 spiro atoms. The van der Waals surface area contributed by atoms with Gasteiger partial charge in [-0.3, -0.25) is 24.0 Å². The Morgan fingerprint density at radius 3 is 0.461 bits per heavy atom. The summed E-state index contributed by atoms with van der Waals surface area (Å²) in [6.45, 7) is 9.14. The van der Waals surface area contributed by atoms with Crippen molar-refractivity contribution in [2.45, 2.75) is 484 Å². The van der Waals surface area contributed by atoms with E-state index in [9.17, 15) is 29.1 Å². The molecule has 12 nitrogen and oxygen atoms in total. The van der Waals surface area contributed by atoms with E-state index < -0.39 is 17.4 Å². The van der Waals surface area contributed by atoms with Gasteiger partial charge in [-0.25, -0.2) is 0 Å². The molecule has 0 aromatic carbocycles. The van der Waals surface area contributed by atoms with Gasteiger partial charge < -0.3 is 33.5 Å². The molecule has 0 bridgehead atoms. The number of carbonyl (C=O) groups excluding carboxylic acids is 5. The number of hydrogen-bond acceptors (Lipinski definition) is 12. The largest absolute Gasteiger partial charge is 0.465 e. The van der Waals surface area contributed by atoms with Gasteiger partial charge >= 0.3 is 29.8 Å². The van der Waals surface area contributed by atoms with Crippen LogP contribution in [0.2, 0.25) is 0 Å². The number of hydrogen-bond donors (Lipinski definition) is 1. The quantitative estimate of drug-likeness (QED) is 0.0349. The lowest BCUT2D eigenvalue weighted by molar-refractivity contribution is -0.172. The molecule has 0 aliphatic heterocycles. The molecular weight excluding hydrogens is 1270 g/mol. The Labute approximate surface area is 632 Å². The zero-order valence-corrected chi connectivity index (χ0v) is 68.6. The van der Waals surface area contributed by atoms with E-state index in [4.69, 9.17) is 28.4 Å². The first-order valence-corrected chi connectivity index (χ1v) is 45.0. The molecule has 0 heterocycles. The number of aliphatic hydroxyl groups excluding tert-OH is 1. The first-order valence-electron chi connectivity index (χ1n) is 45.0. The monoisotopic (exact) mass is 1450 g/mol. The Morgan fingerprint density at radius 2 is 0.314 bits per heavy atom. The Morgan fingerprint density at radius 1 is 0.186 bits per heavy atom. The van der Waals surface area contributed by atoms with Crippen LogP contribution in [-0.2, 0) is 52.4 Å². The van der Waals surface area contributed by atoms with Crippen LogP contribution in [0.5, 0.6) is 0 Å². The van der Waals surface area contributed by atoms with E-state index in [1.54, 1.807) is 0 Å². The predicted octanol–water partition coefficient (Wildman–Crippen LogP) is 27.1. The van der Waals surface area contributed by atoms with Crippen molar-refractivity contribution in [2.75, 3.05) is 52.9 Å². The number of unbranched alkanes of at least 4 members (excludes halogenated alkanes) is 60. The predicted molar refractivity (Wildman–Crippen MR) is 429 cm³/mol. The molecule has 0 saturated carbocycles. The number of ether oxygens (including phenoxy) is 6. The maximum Gasteiger partial charge on any atom is 0.305 e. The molecule has 0 aliphatic rings. The van der Waals surface area contributed by atoms with Crippen molar-refractivity contribution in [1.82, 2.24) is 0 Å². The number of carbonyl (C=O) groups is 5. The van der Waals surface area contributed by atoms with Gasteiger partial charge in [0.05, 0.1) is 30.7 Å². The summed E-state index contributed by atoms with van der Waals surface area (Å²) in [5.74, 6) is -1.91. The first kappa shape index (κ1) is 99.3. The summed E-state index contributed by atoms with van der Waals surface area (Å²) >= 11 is 0. The van der Waals surface area contributed by atoms with Gasteiger partial charge in [0, 0.05) is 32.1 Å². The summed E-state index contributed by atoms with van der Waals surface area (Å²) in [5.41, 5.74) is -2.66. The third-order valence-corrected chi connectivity index (χ3v) is 21.3. The molecule has 102 heavy (non-hydrogen) atoms. The number of esters is 5. The van der Waals surface area contributed by atoms with Gasteiger partial charge in [0.25, 0.3) is 0 Å². The van der Waals surface area contributed by atoms with Gasteiger partial charge in [0.1, 0.15) is 33.0 Å². The third-order valence-electron chi connectivity index (χ3n) is 21.3. The molecule has 0 aromatic heterocycles. The summed E-state index contributed by atoms with van der Waals surface area (Å²) in [5, 5.41) is 11.3. The van der Waals surface area contributed by atoms with Crippen LogP contribution in [0.15, 0.2) is 0 Å². The highest BCUT2D eigenvalue weighted by Crippen LogP contribution is 2.28. The fourth-order valence-corrected chi connectivity index (χ4v) is 14.0. The van der Waals surface area contributed by atoms with Crippen LogP contribution in [-0.4, -0.2) is 87.8 Å². The lowest BCUT2D eigenvalue weighted by Gasteiger charge is -2.35. The second kappa shape index (κ2) is 79.3. The average Bonchev–Trinajstić information content (AvgIpc) is 0.847. The van der Waals surface area contributed by atoms with E-state index in [-0.39, 0.29) is 108 Å². The van der Waals surface area contributed by atoms with Crippen LogP contribution in [0.4, 0.5) is 0 Å². The maximum atomic E-state index is 13.8. The second-order valence-electron chi connectivity index (χ2n) is 31.9. The van der Waals surface area contributed by atoms with Crippen LogP contribution in [0, 0.1) is 10.8 Å². The zero-order valence-electron chi connectivity index (χ0n) is 68.6. The molecule has 0 rings (SSSR count). The topological polar surface area (TPSA) is 161 Å². The molecule has 0 aliphatic carbocycles. The minimum Gasteiger partial charge on any atom is -0.465 e. The molecule has 0 aromatic rings. The van der Waals surface area contributed by atoms with Gasteiger partial charge in [0.15, 0.2) is 0 Å². The summed E-state index contributed by atoms with van der Waals surface area (Å²) in [7, 11) is 0. The van der Waals surface area contributed by atoms with Crippen molar-refractivity contribution < 1.29 is 57.5 Å². The molecule has 0 amide bonds. The Kier molecular flexibility index (Phi) is 77.2. The maximum absolute atomic E-state index is 13.8. The zero-order chi connectivity index (χ0) is 74.3. The highest BCUT2D eigenvalue weighted by molar-refractivity contribution is 5.71. The fraction of sp³-hybridized carbons (Fsp3) is 0.944. The molecule has 0 radical (unpaired) electrons. The molecule has 0 unspecified atom stereocenters. The van der Waals surface area contributed by atoms with Crippen LogP contribution in [0.25, 0.3) is 0 Å². The standard InChI is InChI=1S/C90H172O12/c1-6-11-16-21-26-31-36-41-46-51-56-61-66-71-84(92)98-79-89(76-91,80-99-85(93)72-67-62-57-52-47-42-37-32-27-22-17-12-7-2)77-97-78-90(81-100-86(94)73-68-63-58-53-48-43-38-33-28-23-18-13-8-3,82-101-87(95)74-69-64-59-54-49-44-39-34-29-24-19-14-9-4)83-102-88(96)75-70-65-60-55-50-45-40-35-30-25-20-15-10-5/h91H,6-83H2,1-5H3. The molecule has 0 fully saturated rings. The molecule has 604 valence electrons. The Hall–Kier alpha value is -2.73. The van der Waals surface area contributed by atoms with Crippen molar-refractivity contribution in [1.29, 1.82) is 0 Å². The van der Waals surface area contributed by atoms with Crippen LogP contribution in [0.1, 0.15) is 484 Å². The van der Waals surface area contributed by atoms with Crippen LogP contribution < -0.4 is 0 Å². The van der Waals surface area contributed by atoms with Crippen molar-refractivity contribution in [3.63, 3.8) is 0 Å². The minimum absolute atomic E-state index is 0.196. The highest BCUT2D eigenvalue weighted by Gasteiger charge is 2.40. The molecular formula is C90H172O12. The molecule has 0 saturated heterocycles. The van der Waals surface area contributed by atoms with E-state index in [0.717, 1.165) is 96.3 Å². The number of aliphatic hydroxyl groups is 1. The lowest BCUT2D eigenvalue weighted by Crippen LogP contribution is -2.46. The third kappa shape index (κ3) is 70.3. The van der Waals surface area contributed by atoms with Crippen molar-refractivity contribution in [3.8, 4) is 0 Å². The number of rotatable bonds is 85. The van der Waals surface area contributed by atoms with E-state index in [0.29, 0.717) is 32.1 Å². The van der Waals surface area contributed by atoms with E-state index >= 15 is 0 Å². The van der Waals surface area contributed by atoms with Gasteiger partial charge in [-0.2, -0.15) is 0 Å². The summed E-state index contributed by atoms with van der Waals surface area (Å²) in [4.78, 5) is 68.3. The minimum atomic E-state index is -1.34. The van der Waals surface area contributed by atoms with Gasteiger partial charge in [-0.05, 0) is 32.1 Å². The van der Waals surface area contributed by atoms with Crippen molar-refractivity contribution in [3.05, 3.63) is 0 Å². The van der Waals surface area contributed by atoms with Gasteiger partial charge in [-0.1, -0.05) is 420 Å². The van der Waals surface area contributed by atoms with Crippen molar-refractivity contribution in [2.24, 2.45) is 10.8 Å². The second-order valence-corrected chi connectivity index (χ2v) is 31.9. The Bertz CT molecular complexity index is 1630. The van der Waals surface area contributed by atoms with Crippen LogP contribution in [0.3, 0.4) is 0 Å². The summed E-state index contributed by atoms with van der Waals surface area (Å²) < 4.78 is 36.9. The molecule has 1 N–H and O–H groups in total. The van der Waals surface area contributed by atoms with E-state index in [1.165, 1.54) is 289 Å². The first-order chi connectivity index (χ1) is 50.0. The summed E-state index contributed by atoms with van der Waals surface area (Å²) in [6.07, 6.45) is 78.8. The average molecular weight is 1450 g/mol. The Balaban J connectivity index is 6.43. The SMILES string of the molecule is CCCCCCCCCCCCCCCC(=O)OCC(CO)(COCC(COC(=O)CCCCCCCCCCCCCCC)(COC(=O)CCCCCCCCCCCCCCC)COC(=O)CCCCCCCCCCCCCCC)COC(=O)CCCCCCCCCCCCCCC. The van der Waals surface area contributed by atoms with Gasteiger partial charge in [0.2, 0.25) is 0 Å². The normalized spacial score (nSPS) is 11.8. The van der Waals surface area contributed by atoms with E-state index in [2.05, 4.69) is 34.6 Å². The fourth-order valence-electron chi connectivity index (χ4n) is 14.0. The van der Waals surface area contributed by atoms with Gasteiger partial charge in [-0.15, -0.1) is 0 Å². The molecule has 0 atom stereocenters. The summed E-state index contributed by atoms with van der Waals surface area (Å²) in [6, 6.07) is 0. The highest BCUT2D eigenvalue weighted by atomic mass is 16.6.